The molecule has 5 heteroatoms. The summed E-state index contributed by atoms with van der Waals surface area (Å²) in [6.45, 7) is 4.18. The first-order chi connectivity index (χ1) is 12.2. The van der Waals surface area contributed by atoms with Crippen LogP contribution in [0.25, 0.3) is 6.08 Å². The first kappa shape index (κ1) is 17.4. The van der Waals surface area contributed by atoms with E-state index in [1.165, 1.54) is 0 Å². The van der Waals surface area contributed by atoms with Gasteiger partial charge in [-0.25, -0.2) is 0 Å². The summed E-state index contributed by atoms with van der Waals surface area (Å²) in [5.41, 5.74) is 1.91. The number of benzene rings is 2. The van der Waals surface area contributed by atoms with Crippen LogP contribution in [0.3, 0.4) is 0 Å². The van der Waals surface area contributed by atoms with Crippen LogP contribution in [0.1, 0.15) is 18.1 Å². The topological polar surface area (TPSA) is 38.8 Å². The highest BCUT2D eigenvalue weighted by atomic mass is 35.5. The van der Waals surface area contributed by atoms with Gasteiger partial charge >= 0.3 is 0 Å². The number of carbonyl (C=O) groups is 1. The van der Waals surface area contributed by atoms with Gasteiger partial charge in [-0.15, -0.1) is 0 Å². The van der Waals surface area contributed by atoms with Gasteiger partial charge in [-0.2, -0.15) is 0 Å². The molecule has 2 aromatic carbocycles. The molecule has 0 saturated heterocycles. The molecule has 0 fully saturated rings. The van der Waals surface area contributed by atoms with E-state index in [1.807, 2.05) is 43.3 Å². The van der Waals surface area contributed by atoms with Crippen molar-refractivity contribution in [2.24, 2.45) is 0 Å². The Morgan fingerprint density at radius 1 is 1.20 bits per heavy atom. The van der Waals surface area contributed by atoms with E-state index in [0.717, 1.165) is 11.1 Å². The van der Waals surface area contributed by atoms with Gasteiger partial charge in [0, 0.05) is 19.2 Å². The minimum atomic E-state index is -0.0441. The minimum Gasteiger partial charge on any atom is -0.486 e. The molecule has 0 unspecified atom stereocenters. The summed E-state index contributed by atoms with van der Waals surface area (Å²) in [5.74, 6) is 1.13. The molecule has 130 valence electrons. The molecule has 0 N–H and O–H groups in total. The Morgan fingerprint density at radius 2 is 1.96 bits per heavy atom. The largest absolute Gasteiger partial charge is 0.486 e. The Balaban J connectivity index is 1.72. The normalized spacial score (nSPS) is 13.0. The number of amides is 1. The monoisotopic (exact) mass is 357 g/mol. The van der Waals surface area contributed by atoms with E-state index in [2.05, 4.69) is 0 Å². The fourth-order valence-electron chi connectivity index (χ4n) is 2.65. The molecule has 3 rings (SSSR count). The zero-order valence-electron chi connectivity index (χ0n) is 14.1. The lowest BCUT2D eigenvalue weighted by atomic mass is 10.1. The number of ether oxygens (including phenoxy) is 2. The van der Waals surface area contributed by atoms with E-state index in [0.29, 0.717) is 42.8 Å². The van der Waals surface area contributed by atoms with Crippen molar-refractivity contribution in [1.82, 2.24) is 4.90 Å². The van der Waals surface area contributed by atoms with E-state index < -0.39 is 0 Å². The second-order valence-corrected chi connectivity index (χ2v) is 6.11. The summed E-state index contributed by atoms with van der Waals surface area (Å²) in [4.78, 5) is 14.3. The SMILES string of the molecule is CCN(Cc1ccccc1)C(=O)/C=C/c1cc(Cl)c2c(c1)OCCO2. The summed E-state index contributed by atoms with van der Waals surface area (Å²) >= 11 is 6.23. The summed E-state index contributed by atoms with van der Waals surface area (Å²) in [5, 5.41) is 0.487. The van der Waals surface area contributed by atoms with Gasteiger partial charge in [-0.1, -0.05) is 41.9 Å². The van der Waals surface area contributed by atoms with Gasteiger partial charge in [0.05, 0.1) is 5.02 Å². The maximum Gasteiger partial charge on any atom is 0.246 e. The molecule has 0 atom stereocenters. The van der Waals surface area contributed by atoms with Crippen molar-refractivity contribution < 1.29 is 14.3 Å². The van der Waals surface area contributed by atoms with Crippen LogP contribution in [0, 0.1) is 0 Å². The summed E-state index contributed by atoms with van der Waals surface area (Å²) in [6, 6.07) is 13.5. The first-order valence-electron chi connectivity index (χ1n) is 8.27. The van der Waals surface area contributed by atoms with Crippen LogP contribution in [0.15, 0.2) is 48.5 Å². The third-order valence-electron chi connectivity index (χ3n) is 3.95. The lowest BCUT2D eigenvalue weighted by Crippen LogP contribution is -2.28. The molecule has 0 bridgehead atoms. The highest BCUT2D eigenvalue weighted by Gasteiger charge is 2.16. The Bertz CT molecular complexity index is 774. The van der Waals surface area contributed by atoms with Crippen LogP contribution in [-0.2, 0) is 11.3 Å². The average molecular weight is 358 g/mol. The molecule has 1 amide bonds. The zero-order chi connectivity index (χ0) is 17.6. The molecule has 25 heavy (non-hydrogen) atoms. The predicted molar refractivity (Wildman–Crippen MR) is 99.0 cm³/mol. The van der Waals surface area contributed by atoms with E-state index in [9.17, 15) is 4.79 Å². The van der Waals surface area contributed by atoms with E-state index in [1.54, 1.807) is 23.1 Å². The smallest absolute Gasteiger partial charge is 0.246 e. The number of carbonyl (C=O) groups excluding carboxylic acids is 1. The maximum atomic E-state index is 12.5. The molecular formula is C20H20ClNO3. The fourth-order valence-corrected chi connectivity index (χ4v) is 2.92. The van der Waals surface area contributed by atoms with Crippen molar-refractivity contribution in [1.29, 1.82) is 0 Å². The molecule has 1 aliphatic heterocycles. The molecule has 0 saturated carbocycles. The third kappa shape index (κ3) is 4.34. The van der Waals surface area contributed by atoms with Crippen molar-refractivity contribution in [3.63, 3.8) is 0 Å². The van der Waals surface area contributed by atoms with Gasteiger partial charge in [-0.05, 0) is 36.3 Å². The maximum absolute atomic E-state index is 12.5. The van der Waals surface area contributed by atoms with E-state index in [-0.39, 0.29) is 5.91 Å². The van der Waals surface area contributed by atoms with E-state index in [4.69, 9.17) is 21.1 Å². The van der Waals surface area contributed by atoms with Gasteiger partial charge in [0.2, 0.25) is 5.91 Å². The summed E-state index contributed by atoms with van der Waals surface area (Å²) in [6.07, 6.45) is 3.31. The molecule has 1 heterocycles. The van der Waals surface area contributed by atoms with Crippen molar-refractivity contribution in [3.8, 4) is 11.5 Å². The molecule has 0 aliphatic carbocycles. The fraction of sp³-hybridized carbons (Fsp3) is 0.250. The molecule has 0 spiro atoms. The molecular weight excluding hydrogens is 338 g/mol. The van der Waals surface area contributed by atoms with Gasteiger partial charge < -0.3 is 14.4 Å². The highest BCUT2D eigenvalue weighted by molar-refractivity contribution is 6.32. The third-order valence-corrected chi connectivity index (χ3v) is 4.23. The van der Waals surface area contributed by atoms with Gasteiger partial charge in [0.25, 0.3) is 0 Å². The molecule has 0 radical (unpaired) electrons. The van der Waals surface area contributed by atoms with Crippen LogP contribution in [0.5, 0.6) is 11.5 Å². The molecule has 2 aromatic rings. The standard InChI is InChI=1S/C20H20ClNO3/c1-2-22(14-15-6-4-3-5-7-15)19(23)9-8-16-12-17(21)20-18(13-16)24-10-11-25-20/h3-9,12-13H,2,10-11,14H2,1H3/b9-8+. The van der Waals surface area contributed by atoms with Crippen molar-refractivity contribution >= 4 is 23.6 Å². The van der Waals surface area contributed by atoms with Crippen LogP contribution < -0.4 is 9.47 Å². The van der Waals surface area contributed by atoms with Crippen LogP contribution >= 0.6 is 11.6 Å². The number of likely N-dealkylation sites (N-methyl/N-ethyl adjacent to an activating group) is 1. The van der Waals surface area contributed by atoms with Gasteiger partial charge in [-0.3, -0.25) is 4.79 Å². The number of rotatable bonds is 5. The second-order valence-electron chi connectivity index (χ2n) is 5.70. The lowest BCUT2D eigenvalue weighted by molar-refractivity contribution is -0.126. The number of fused-ring (bicyclic) bond motifs is 1. The number of halogens is 1. The van der Waals surface area contributed by atoms with Crippen molar-refractivity contribution in [2.75, 3.05) is 19.8 Å². The quantitative estimate of drug-likeness (QED) is 0.754. The number of hydrogen-bond donors (Lipinski definition) is 0. The Kier molecular flexibility index (Phi) is 5.61. The van der Waals surface area contributed by atoms with Crippen molar-refractivity contribution in [3.05, 3.63) is 64.7 Å². The van der Waals surface area contributed by atoms with E-state index >= 15 is 0 Å². The Morgan fingerprint density at radius 3 is 2.72 bits per heavy atom. The van der Waals surface area contributed by atoms with Crippen LogP contribution in [0.2, 0.25) is 5.02 Å². The molecule has 1 aliphatic rings. The predicted octanol–water partition coefficient (Wildman–Crippen LogP) is 4.17. The highest BCUT2D eigenvalue weighted by Crippen LogP contribution is 2.38. The zero-order valence-corrected chi connectivity index (χ0v) is 14.8. The van der Waals surface area contributed by atoms with Crippen LogP contribution in [0.4, 0.5) is 0 Å². The first-order valence-corrected chi connectivity index (χ1v) is 8.65. The Labute approximate surface area is 152 Å². The average Bonchev–Trinajstić information content (AvgIpc) is 2.65. The van der Waals surface area contributed by atoms with Crippen LogP contribution in [-0.4, -0.2) is 30.6 Å². The summed E-state index contributed by atoms with van der Waals surface area (Å²) in [7, 11) is 0. The van der Waals surface area contributed by atoms with Gasteiger partial charge in [0.1, 0.15) is 13.2 Å². The lowest BCUT2D eigenvalue weighted by Gasteiger charge is -2.20. The minimum absolute atomic E-state index is 0.0441. The molecule has 4 nitrogen and oxygen atoms in total. The number of nitrogens with zero attached hydrogens (tertiary/aromatic N) is 1. The molecule has 0 aromatic heterocycles. The second kappa shape index (κ2) is 8.08. The Hall–Kier alpha value is -2.46. The van der Waals surface area contributed by atoms with Gasteiger partial charge in [0.15, 0.2) is 11.5 Å². The number of hydrogen-bond acceptors (Lipinski definition) is 3. The summed E-state index contributed by atoms with van der Waals surface area (Å²) < 4.78 is 11.1. The van der Waals surface area contributed by atoms with Crippen molar-refractivity contribution in [2.45, 2.75) is 13.5 Å².